The third kappa shape index (κ3) is 2.94. The molecule has 4 heterocycles. The van der Waals surface area contributed by atoms with E-state index in [4.69, 9.17) is 16.3 Å². The highest BCUT2D eigenvalue weighted by Crippen LogP contribution is 2.40. The molecule has 28 heavy (non-hydrogen) atoms. The van der Waals surface area contributed by atoms with Crippen LogP contribution < -0.4 is 10.2 Å². The number of nitrogens with zero attached hydrogens (tertiary/aromatic N) is 3. The zero-order valence-corrected chi connectivity index (χ0v) is 15.9. The molecule has 142 valence electrons. The van der Waals surface area contributed by atoms with E-state index in [1.807, 2.05) is 18.5 Å². The van der Waals surface area contributed by atoms with Crippen molar-refractivity contribution in [2.45, 2.75) is 18.4 Å². The van der Waals surface area contributed by atoms with Crippen molar-refractivity contribution >= 4 is 34.2 Å². The first-order chi connectivity index (χ1) is 13.6. The zero-order chi connectivity index (χ0) is 19.1. The number of pyridine rings is 2. The molecule has 0 aliphatic carbocycles. The van der Waals surface area contributed by atoms with E-state index >= 15 is 0 Å². The van der Waals surface area contributed by atoms with Crippen molar-refractivity contribution in [3.8, 4) is 11.1 Å². The van der Waals surface area contributed by atoms with Crippen LogP contribution in [0.5, 0.6) is 0 Å². The summed E-state index contributed by atoms with van der Waals surface area (Å²) in [6.07, 6.45) is 8.43. The number of hydrogen-bond donors (Lipinski definition) is 1. The number of aromatic nitrogens is 2. The number of carbonyl (C=O) groups is 1. The van der Waals surface area contributed by atoms with Crippen molar-refractivity contribution in [1.82, 2.24) is 15.3 Å². The normalized spacial score (nSPS) is 18.3. The van der Waals surface area contributed by atoms with Gasteiger partial charge in [0.25, 0.3) is 0 Å². The highest BCUT2D eigenvalue weighted by atomic mass is 35.5. The van der Waals surface area contributed by atoms with Crippen LogP contribution in [-0.2, 0) is 4.74 Å². The van der Waals surface area contributed by atoms with Crippen molar-refractivity contribution in [3.05, 3.63) is 54.1 Å². The summed E-state index contributed by atoms with van der Waals surface area (Å²) in [6, 6.07) is 8.29. The number of alkyl carbamates (subject to hydrolysis) is 1. The van der Waals surface area contributed by atoms with Gasteiger partial charge in [-0.3, -0.25) is 9.97 Å². The molecule has 2 fully saturated rings. The van der Waals surface area contributed by atoms with Crippen molar-refractivity contribution in [3.63, 3.8) is 0 Å². The molecule has 0 unspecified atom stereocenters. The van der Waals surface area contributed by atoms with Crippen LogP contribution in [0.1, 0.15) is 12.8 Å². The first-order valence-corrected chi connectivity index (χ1v) is 9.71. The number of ether oxygens (including phenoxy) is 1. The molecule has 1 spiro atoms. The van der Waals surface area contributed by atoms with Crippen molar-refractivity contribution in [1.29, 1.82) is 0 Å². The van der Waals surface area contributed by atoms with E-state index in [1.54, 1.807) is 12.4 Å². The van der Waals surface area contributed by atoms with Crippen LogP contribution >= 0.6 is 11.6 Å². The van der Waals surface area contributed by atoms with Crippen molar-refractivity contribution in [2.24, 2.45) is 0 Å². The van der Waals surface area contributed by atoms with Crippen LogP contribution in [0.4, 0.5) is 10.5 Å². The zero-order valence-electron chi connectivity index (χ0n) is 15.2. The Hall–Kier alpha value is -2.86. The molecule has 1 amide bonds. The second-order valence-electron chi connectivity index (χ2n) is 7.37. The average molecular weight is 395 g/mol. The van der Waals surface area contributed by atoms with Gasteiger partial charge >= 0.3 is 6.09 Å². The lowest BCUT2D eigenvalue weighted by Gasteiger charge is -2.39. The number of rotatable bonds is 2. The summed E-state index contributed by atoms with van der Waals surface area (Å²) in [5.74, 6) is 0. The summed E-state index contributed by atoms with van der Waals surface area (Å²) in [7, 11) is 0. The maximum absolute atomic E-state index is 11.5. The summed E-state index contributed by atoms with van der Waals surface area (Å²) in [6.45, 7) is 2.11. The molecule has 5 rings (SSSR count). The van der Waals surface area contributed by atoms with Crippen LogP contribution in [0.25, 0.3) is 21.9 Å². The predicted octanol–water partition coefficient (Wildman–Crippen LogP) is 4.03. The number of nitrogens with one attached hydrogen (secondary N) is 1. The molecule has 0 radical (unpaired) electrons. The maximum atomic E-state index is 11.5. The van der Waals surface area contributed by atoms with Crippen LogP contribution in [0, 0.1) is 0 Å². The average Bonchev–Trinajstić information content (AvgIpc) is 3.08. The SMILES string of the molecule is O=C1NCC2(CCN(c3c(Cl)cncc3-c3ccc4cnccc4c3)CC2)O1. The minimum atomic E-state index is -0.386. The Morgan fingerprint density at radius 3 is 2.71 bits per heavy atom. The van der Waals surface area contributed by atoms with E-state index in [1.165, 1.54) is 0 Å². The Bertz CT molecular complexity index is 1060. The van der Waals surface area contributed by atoms with Gasteiger partial charge in [0.2, 0.25) is 0 Å². The van der Waals surface area contributed by atoms with Gasteiger partial charge in [-0.25, -0.2) is 4.79 Å². The Morgan fingerprint density at radius 2 is 1.93 bits per heavy atom. The Balaban J connectivity index is 1.49. The van der Waals surface area contributed by atoms with E-state index in [9.17, 15) is 4.79 Å². The second-order valence-corrected chi connectivity index (χ2v) is 7.78. The van der Waals surface area contributed by atoms with Gasteiger partial charge in [0.05, 0.1) is 17.3 Å². The summed E-state index contributed by atoms with van der Waals surface area (Å²) < 4.78 is 5.54. The van der Waals surface area contributed by atoms with Gasteiger partial charge in [-0.05, 0) is 23.1 Å². The van der Waals surface area contributed by atoms with Gasteiger partial charge in [0.15, 0.2) is 0 Å². The molecule has 0 atom stereocenters. The second kappa shape index (κ2) is 6.63. The fourth-order valence-electron chi connectivity index (χ4n) is 4.13. The van der Waals surface area contributed by atoms with Crippen LogP contribution in [0.15, 0.2) is 49.1 Å². The Kier molecular flexibility index (Phi) is 4.09. The molecule has 1 aromatic carbocycles. The number of hydrogen-bond acceptors (Lipinski definition) is 5. The molecular weight excluding hydrogens is 376 g/mol. The van der Waals surface area contributed by atoms with Gasteiger partial charge in [-0.15, -0.1) is 0 Å². The third-order valence-electron chi connectivity index (χ3n) is 5.68. The number of halogens is 1. The summed E-state index contributed by atoms with van der Waals surface area (Å²) in [4.78, 5) is 22.3. The highest BCUT2D eigenvalue weighted by molar-refractivity contribution is 6.33. The quantitative estimate of drug-likeness (QED) is 0.710. The number of amides is 1. The maximum Gasteiger partial charge on any atom is 0.407 e. The minimum Gasteiger partial charge on any atom is -0.441 e. The number of benzene rings is 1. The summed E-state index contributed by atoms with van der Waals surface area (Å²) in [5, 5.41) is 5.63. The van der Waals surface area contributed by atoms with Crippen LogP contribution in [0.3, 0.4) is 0 Å². The van der Waals surface area contributed by atoms with E-state index in [0.717, 1.165) is 53.5 Å². The molecule has 2 aliphatic heterocycles. The predicted molar refractivity (Wildman–Crippen MR) is 109 cm³/mol. The number of fused-ring (bicyclic) bond motifs is 1. The lowest BCUT2D eigenvalue weighted by molar-refractivity contribution is 0.0367. The Morgan fingerprint density at radius 1 is 1.07 bits per heavy atom. The van der Waals surface area contributed by atoms with E-state index in [-0.39, 0.29) is 11.7 Å². The van der Waals surface area contributed by atoms with Gasteiger partial charge in [-0.2, -0.15) is 0 Å². The van der Waals surface area contributed by atoms with Gasteiger partial charge in [0, 0.05) is 61.7 Å². The fourth-order valence-corrected chi connectivity index (χ4v) is 4.41. The monoisotopic (exact) mass is 394 g/mol. The smallest absolute Gasteiger partial charge is 0.407 e. The van der Waals surface area contributed by atoms with E-state index in [0.29, 0.717) is 11.6 Å². The lowest BCUT2D eigenvalue weighted by Crippen LogP contribution is -2.46. The number of carbonyl (C=O) groups excluding carboxylic acids is 1. The summed E-state index contributed by atoms with van der Waals surface area (Å²) in [5.41, 5.74) is 2.67. The van der Waals surface area contributed by atoms with Crippen LogP contribution in [-0.4, -0.2) is 41.3 Å². The van der Waals surface area contributed by atoms with Crippen LogP contribution in [0.2, 0.25) is 5.02 Å². The molecule has 2 aliphatic rings. The highest BCUT2D eigenvalue weighted by Gasteiger charge is 2.43. The molecular formula is C21H19ClN4O2. The van der Waals surface area contributed by atoms with Gasteiger partial charge in [-0.1, -0.05) is 23.7 Å². The fraction of sp³-hybridized carbons (Fsp3) is 0.286. The van der Waals surface area contributed by atoms with Gasteiger partial charge < -0.3 is 15.0 Å². The van der Waals surface area contributed by atoms with Crippen molar-refractivity contribution in [2.75, 3.05) is 24.5 Å². The molecule has 2 aromatic heterocycles. The van der Waals surface area contributed by atoms with Crippen molar-refractivity contribution < 1.29 is 9.53 Å². The number of anilines is 1. The standard InChI is InChI=1S/C21H19ClN4O2/c22-18-12-24-11-17(15-1-2-16-10-23-6-3-14(16)9-15)19(18)26-7-4-21(5-8-26)13-25-20(27)28-21/h1-3,6,9-12H,4-5,7-8,13H2,(H,25,27). The third-order valence-corrected chi connectivity index (χ3v) is 5.96. The molecule has 6 nitrogen and oxygen atoms in total. The topological polar surface area (TPSA) is 67.4 Å². The van der Waals surface area contributed by atoms with E-state index < -0.39 is 0 Å². The Labute approximate surface area is 167 Å². The minimum absolute atomic E-state index is 0.318. The molecule has 1 N–H and O–H groups in total. The van der Waals surface area contributed by atoms with E-state index in [2.05, 4.69) is 38.4 Å². The molecule has 3 aromatic rings. The largest absolute Gasteiger partial charge is 0.441 e. The lowest BCUT2D eigenvalue weighted by atomic mass is 9.91. The molecule has 2 saturated heterocycles. The molecule has 0 bridgehead atoms. The molecule has 0 saturated carbocycles. The first-order valence-electron chi connectivity index (χ1n) is 9.33. The first kappa shape index (κ1) is 17.3. The number of piperidine rings is 1. The molecule has 7 heteroatoms. The van der Waals surface area contributed by atoms with Gasteiger partial charge in [0.1, 0.15) is 5.60 Å². The summed E-state index contributed by atoms with van der Waals surface area (Å²) >= 11 is 6.59.